The van der Waals surface area contributed by atoms with Crippen LogP contribution < -0.4 is 5.32 Å². The van der Waals surface area contributed by atoms with E-state index in [4.69, 9.17) is 4.74 Å². The van der Waals surface area contributed by atoms with Crippen LogP contribution in [0.25, 0.3) is 0 Å². The first kappa shape index (κ1) is 17.1. The number of esters is 1. The molecule has 4 rings (SSSR count). The molecule has 0 aromatic carbocycles. The van der Waals surface area contributed by atoms with Gasteiger partial charge in [-0.1, -0.05) is 18.6 Å². The number of amides is 1. The molecule has 0 aromatic rings. The minimum atomic E-state index is -0.158. The van der Waals surface area contributed by atoms with Crippen molar-refractivity contribution in [2.45, 2.75) is 83.8 Å². The Morgan fingerprint density at radius 2 is 2.00 bits per heavy atom. The van der Waals surface area contributed by atoms with Crippen LogP contribution in [-0.2, 0) is 14.3 Å². The number of piperidine rings is 1. The topological polar surface area (TPSA) is 55.4 Å². The average Bonchev–Trinajstić information content (AvgIpc) is 2.53. The second-order valence-corrected chi connectivity index (χ2v) is 9.28. The third-order valence-corrected chi connectivity index (χ3v) is 7.89. The highest BCUT2D eigenvalue weighted by Crippen LogP contribution is 2.60. The molecule has 4 aliphatic rings. The number of carbonyl (C=O) groups is 2. The van der Waals surface area contributed by atoms with Gasteiger partial charge in [0.05, 0.1) is 0 Å². The lowest BCUT2D eigenvalue weighted by Gasteiger charge is -2.59. The highest BCUT2D eigenvalue weighted by molar-refractivity contribution is 5.77. The lowest BCUT2D eigenvalue weighted by Crippen LogP contribution is -2.62. The van der Waals surface area contributed by atoms with Crippen molar-refractivity contribution in [1.29, 1.82) is 0 Å². The van der Waals surface area contributed by atoms with Gasteiger partial charge in [0.1, 0.15) is 6.10 Å². The molecule has 4 heteroatoms. The summed E-state index contributed by atoms with van der Waals surface area (Å²) in [6.45, 7) is 6.23. The first-order chi connectivity index (χ1) is 11.8. The molecule has 25 heavy (non-hydrogen) atoms. The molecule has 138 valence electrons. The first-order valence-electron chi connectivity index (χ1n) is 9.99. The first-order valence-corrected chi connectivity index (χ1v) is 9.99. The van der Waals surface area contributed by atoms with E-state index in [2.05, 4.69) is 25.2 Å². The maximum atomic E-state index is 11.9. The van der Waals surface area contributed by atoms with Gasteiger partial charge in [-0.05, 0) is 68.6 Å². The Labute approximate surface area is 150 Å². The lowest BCUT2D eigenvalue weighted by atomic mass is 9.48. The summed E-state index contributed by atoms with van der Waals surface area (Å²) >= 11 is 0. The van der Waals surface area contributed by atoms with Gasteiger partial charge in [0.15, 0.2) is 0 Å². The highest BCUT2D eigenvalue weighted by Gasteiger charge is 2.56. The zero-order valence-corrected chi connectivity index (χ0v) is 15.8. The molecule has 1 N–H and O–H groups in total. The molecule has 2 saturated carbocycles. The molecule has 1 amide bonds. The van der Waals surface area contributed by atoms with Crippen molar-refractivity contribution >= 4 is 11.9 Å². The van der Waals surface area contributed by atoms with E-state index < -0.39 is 0 Å². The van der Waals surface area contributed by atoms with Crippen LogP contribution in [0.15, 0.2) is 11.6 Å². The Kier molecular flexibility index (Phi) is 4.01. The number of nitrogens with one attached hydrogen (secondary N) is 1. The van der Waals surface area contributed by atoms with Crippen LogP contribution in [-0.4, -0.2) is 23.5 Å². The lowest BCUT2D eigenvalue weighted by molar-refractivity contribution is -0.149. The quantitative estimate of drug-likeness (QED) is 0.582. The number of ether oxygens (including phenoxy) is 1. The maximum Gasteiger partial charge on any atom is 0.302 e. The molecule has 1 heterocycles. The maximum absolute atomic E-state index is 11.9. The van der Waals surface area contributed by atoms with Crippen LogP contribution in [0.2, 0.25) is 0 Å². The van der Waals surface area contributed by atoms with Crippen LogP contribution in [0.5, 0.6) is 0 Å². The molecule has 3 fully saturated rings. The predicted molar refractivity (Wildman–Crippen MR) is 95.7 cm³/mol. The Hall–Kier alpha value is -1.32. The Morgan fingerprint density at radius 1 is 1.20 bits per heavy atom. The third kappa shape index (κ3) is 2.72. The zero-order valence-electron chi connectivity index (χ0n) is 15.8. The summed E-state index contributed by atoms with van der Waals surface area (Å²) in [6.07, 6.45) is 10.7. The van der Waals surface area contributed by atoms with E-state index in [1.165, 1.54) is 18.9 Å². The van der Waals surface area contributed by atoms with Gasteiger partial charge < -0.3 is 10.1 Å². The van der Waals surface area contributed by atoms with E-state index in [1.807, 2.05) is 0 Å². The minimum absolute atomic E-state index is 0.00680. The molecule has 0 bridgehead atoms. The molecule has 3 aliphatic carbocycles. The van der Waals surface area contributed by atoms with E-state index >= 15 is 0 Å². The standard InChI is InChI=1S/C21H31NO3/c1-13(23)25-15-8-10-20(2)14(12-15)4-5-16-17(20)9-11-21(3)18(16)6-7-19(24)22-21/h4,15-18H,5-12H2,1-3H3,(H,22,24)/t15-,16-,17-,18-,20-,21-/m1/s1. The van der Waals surface area contributed by atoms with Crippen LogP contribution in [0.1, 0.15) is 72.1 Å². The number of hydrogen-bond donors (Lipinski definition) is 1. The van der Waals surface area contributed by atoms with Crippen LogP contribution in [0.3, 0.4) is 0 Å². The zero-order chi connectivity index (χ0) is 17.8. The van der Waals surface area contributed by atoms with E-state index in [-0.39, 0.29) is 28.9 Å². The fourth-order valence-corrected chi connectivity index (χ4v) is 6.64. The number of fused-ring (bicyclic) bond motifs is 5. The van der Waals surface area contributed by atoms with Crippen molar-refractivity contribution < 1.29 is 14.3 Å². The van der Waals surface area contributed by atoms with Gasteiger partial charge in [-0.25, -0.2) is 0 Å². The number of carbonyl (C=O) groups excluding carboxylic acids is 2. The van der Waals surface area contributed by atoms with Crippen molar-refractivity contribution in [3.05, 3.63) is 11.6 Å². The highest BCUT2D eigenvalue weighted by atomic mass is 16.5. The predicted octanol–water partition coefficient (Wildman–Crippen LogP) is 3.75. The van der Waals surface area contributed by atoms with E-state index in [0.717, 1.165) is 38.5 Å². The minimum Gasteiger partial charge on any atom is -0.462 e. The molecule has 0 aromatic heterocycles. The van der Waals surface area contributed by atoms with Gasteiger partial charge >= 0.3 is 5.97 Å². The van der Waals surface area contributed by atoms with Crippen LogP contribution >= 0.6 is 0 Å². The van der Waals surface area contributed by atoms with E-state index in [9.17, 15) is 9.59 Å². The second kappa shape index (κ2) is 5.85. The SMILES string of the molecule is CC(=O)O[C@@H]1CC[C@]2(C)C(=CC[C@H]3[C@H]4CCC(=O)N[C@]4(C)CC[C@H]32)C1. The van der Waals surface area contributed by atoms with Gasteiger partial charge in [0.2, 0.25) is 5.91 Å². The normalized spacial score (nSPS) is 46.0. The van der Waals surface area contributed by atoms with Crippen molar-refractivity contribution in [1.82, 2.24) is 5.32 Å². The summed E-state index contributed by atoms with van der Waals surface area (Å²) in [5, 5.41) is 3.32. The van der Waals surface area contributed by atoms with Crippen molar-refractivity contribution in [3.63, 3.8) is 0 Å². The Balaban J connectivity index is 1.58. The van der Waals surface area contributed by atoms with Crippen molar-refractivity contribution in [2.24, 2.45) is 23.2 Å². The molecule has 0 unspecified atom stereocenters. The molecular weight excluding hydrogens is 314 g/mol. The number of hydrogen-bond acceptors (Lipinski definition) is 3. The van der Waals surface area contributed by atoms with Gasteiger partial charge in [-0.2, -0.15) is 0 Å². The second-order valence-electron chi connectivity index (χ2n) is 9.28. The summed E-state index contributed by atoms with van der Waals surface area (Å²) in [5.41, 5.74) is 1.77. The van der Waals surface area contributed by atoms with E-state index in [1.54, 1.807) is 0 Å². The summed E-state index contributed by atoms with van der Waals surface area (Å²) in [4.78, 5) is 23.3. The summed E-state index contributed by atoms with van der Waals surface area (Å²) in [5.74, 6) is 2.06. The average molecular weight is 345 g/mol. The molecule has 0 spiro atoms. The molecular formula is C21H31NO3. The largest absolute Gasteiger partial charge is 0.462 e. The molecule has 0 radical (unpaired) electrons. The smallest absolute Gasteiger partial charge is 0.302 e. The van der Waals surface area contributed by atoms with Crippen LogP contribution in [0, 0.1) is 23.2 Å². The third-order valence-electron chi connectivity index (χ3n) is 7.89. The van der Waals surface area contributed by atoms with Gasteiger partial charge in [-0.3, -0.25) is 9.59 Å². The van der Waals surface area contributed by atoms with Crippen molar-refractivity contribution in [3.8, 4) is 0 Å². The summed E-state index contributed by atoms with van der Waals surface area (Å²) in [7, 11) is 0. The van der Waals surface area contributed by atoms with Gasteiger partial charge in [0.25, 0.3) is 0 Å². The van der Waals surface area contributed by atoms with Gasteiger partial charge in [0, 0.05) is 25.3 Å². The van der Waals surface area contributed by atoms with Crippen LogP contribution in [0.4, 0.5) is 0 Å². The Bertz CT molecular complexity index is 627. The molecule has 4 nitrogen and oxygen atoms in total. The molecule has 6 atom stereocenters. The summed E-state index contributed by atoms with van der Waals surface area (Å²) in [6, 6.07) is 0. The monoisotopic (exact) mass is 345 g/mol. The van der Waals surface area contributed by atoms with Crippen molar-refractivity contribution in [2.75, 3.05) is 0 Å². The fourth-order valence-electron chi connectivity index (χ4n) is 6.64. The van der Waals surface area contributed by atoms with E-state index in [0.29, 0.717) is 24.2 Å². The molecule has 1 aliphatic heterocycles. The fraction of sp³-hybridized carbons (Fsp3) is 0.810. The number of rotatable bonds is 1. The number of allylic oxidation sites excluding steroid dienone is 1. The van der Waals surface area contributed by atoms with Gasteiger partial charge in [-0.15, -0.1) is 0 Å². The summed E-state index contributed by atoms with van der Waals surface area (Å²) < 4.78 is 5.51. The molecule has 1 saturated heterocycles. The Morgan fingerprint density at radius 3 is 2.76 bits per heavy atom.